The Morgan fingerprint density at radius 3 is 2.55 bits per heavy atom. The minimum atomic E-state index is -2.49. The molecule has 0 N–H and O–H groups in total. The van der Waals surface area contributed by atoms with Gasteiger partial charge in [0.05, 0.1) is 13.1 Å². The van der Waals surface area contributed by atoms with E-state index in [1.54, 1.807) is 9.80 Å². The molecule has 2 heterocycles. The van der Waals surface area contributed by atoms with E-state index in [-0.39, 0.29) is 19.2 Å². The number of hydrogen-bond donors (Lipinski definition) is 0. The van der Waals surface area contributed by atoms with E-state index in [4.69, 9.17) is 4.74 Å². The van der Waals surface area contributed by atoms with Gasteiger partial charge < -0.3 is 9.64 Å². The lowest BCUT2D eigenvalue weighted by Gasteiger charge is -2.39. The molecule has 1 amide bonds. The summed E-state index contributed by atoms with van der Waals surface area (Å²) in [6.45, 7) is 7.40. The molecule has 0 aromatic carbocycles. The third kappa shape index (κ3) is 4.30. The van der Waals surface area contributed by atoms with Gasteiger partial charge in [-0.1, -0.05) is 0 Å². The van der Waals surface area contributed by atoms with E-state index in [9.17, 15) is 13.6 Å². The van der Waals surface area contributed by atoms with Gasteiger partial charge in [-0.2, -0.15) is 0 Å². The van der Waals surface area contributed by atoms with E-state index >= 15 is 0 Å². The highest BCUT2D eigenvalue weighted by Crippen LogP contribution is 2.28. The number of halogens is 2. The summed E-state index contributed by atoms with van der Waals surface area (Å²) < 4.78 is 30.7. The lowest BCUT2D eigenvalue weighted by molar-refractivity contribution is -0.131. The van der Waals surface area contributed by atoms with Crippen molar-refractivity contribution in [1.82, 2.24) is 9.80 Å². The number of likely N-dealkylation sites (tertiary alicyclic amines) is 2. The molecule has 0 unspecified atom stereocenters. The summed E-state index contributed by atoms with van der Waals surface area (Å²) in [6.07, 6.45) is 1.54. The maximum absolute atomic E-state index is 12.7. The molecule has 0 aliphatic carbocycles. The predicted octanol–water partition coefficient (Wildman–Crippen LogP) is 2.58. The van der Waals surface area contributed by atoms with Crippen LogP contribution >= 0.6 is 0 Å². The van der Waals surface area contributed by atoms with Crippen LogP contribution in [0.15, 0.2) is 0 Å². The maximum atomic E-state index is 12.7. The van der Waals surface area contributed by atoms with Gasteiger partial charge in [0.2, 0.25) is 0 Å². The maximum Gasteiger partial charge on any atom is 0.410 e. The fraction of sp³-hybridized carbons (Fsp3) is 0.929. The molecule has 0 aromatic heterocycles. The van der Waals surface area contributed by atoms with Gasteiger partial charge >= 0.3 is 6.09 Å². The van der Waals surface area contributed by atoms with Crippen molar-refractivity contribution >= 4 is 6.09 Å². The number of nitrogens with zero attached hydrogens (tertiary/aromatic N) is 2. The first-order chi connectivity index (χ1) is 9.15. The van der Waals surface area contributed by atoms with Crippen LogP contribution in [0.5, 0.6) is 0 Å². The summed E-state index contributed by atoms with van der Waals surface area (Å²) in [5.41, 5.74) is -0.474. The number of carbonyl (C=O) groups excluding carboxylic acids is 1. The topological polar surface area (TPSA) is 32.8 Å². The number of hydrogen-bond acceptors (Lipinski definition) is 3. The van der Waals surface area contributed by atoms with Gasteiger partial charge in [-0.3, -0.25) is 4.90 Å². The second kappa shape index (κ2) is 5.47. The molecule has 6 heteroatoms. The Balaban J connectivity index is 1.66. The van der Waals surface area contributed by atoms with Crippen LogP contribution in [0.3, 0.4) is 0 Å². The van der Waals surface area contributed by atoms with Crippen LogP contribution in [0.2, 0.25) is 0 Å². The summed E-state index contributed by atoms with van der Waals surface area (Å²) in [5, 5.41) is 0. The first-order valence-electron chi connectivity index (χ1n) is 7.23. The number of amides is 1. The molecule has 116 valence electrons. The Morgan fingerprint density at radius 2 is 2.00 bits per heavy atom. The van der Waals surface area contributed by atoms with Gasteiger partial charge in [0, 0.05) is 13.1 Å². The SMILES string of the molecule is CC(C)(C)OC(=O)N1CC[C@H](CCN2CC(F)(F)C2)C1. The molecule has 20 heavy (non-hydrogen) atoms. The Morgan fingerprint density at radius 1 is 1.35 bits per heavy atom. The third-order valence-corrected chi connectivity index (χ3v) is 3.70. The molecule has 0 radical (unpaired) electrons. The smallest absolute Gasteiger partial charge is 0.410 e. The van der Waals surface area contributed by atoms with Crippen molar-refractivity contribution in [2.75, 3.05) is 32.7 Å². The lowest BCUT2D eigenvalue weighted by Crippen LogP contribution is -2.56. The number of carbonyl (C=O) groups is 1. The Hall–Kier alpha value is -0.910. The molecule has 2 aliphatic rings. The lowest BCUT2D eigenvalue weighted by atomic mass is 10.0. The van der Waals surface area contributed by atoms with Crippen molar-refractivity contribution < 1.29 is 18.3 Å². The van der Waals surface area contributed by atoms with Gasteiger partial charge in [-0.25, -0.2) is 13.6 Å². The van der Waals surface area contributed by atoms with Crippen LogP contribution in [0.25, 0.3) is 0 Å². The van der Waals surface area contributed by atoms with E-state index in [1.165, 1.54) is 0 Å². The molecule has 0 aromatic rings. The van der Waals surface area contributed by atoms with Gasteiger partial charge in [0.15, 0.2) is 0 Å². The first-order valence-corrected chi connectivity index (χ1v) is 7.23. The highest BCUT2D eigenvalue weighted by Gasteiger charge is 2.43. The summed E-state index contributed by atoms with van der Waals surface area (Å²) in [4.78, 5) is 15.4. The summed E-state index contributed by atoms with van der Waals surface area (Å²) >= 11 is 0. The van der Waals surface area contributed by atoms with Crippen LogP contribution in [0.1, 0.15) is 33.6 Å². The molecule has 0 saturated carbocycles. The molecule has 2 saturated heterocycles. The fourth-order valence-corrected chi connectivity index (χ4v) is 2.69. The molecule has 2 fully saturated rings. The van der Waals surface area contributed by atoms with E-state index in [1.807, 2.05) is 20.8 Å². The molecular formula is C14H24F2N2O2. The standard InChI is InChI=1S/C14H24F2N2O2/c1-13(2,3)20-12(19)18-7-5-11(8-18)4-6-17-9-14(15,16)10-17/h11H,4-10H2,1-3H3/t11-/m0/s1. The van der Waals surface area contributed by atoms with Crippen molar-refractivity contribution in [3.8, 4) is 0 Å². The zero-order valence-electron chi connectivity index (χ0n) is 12.5. The molecule has 4 nitrogen and oxygen atoms in total. The molecule has 0 spiro atoms. The normalized spacial score (nSPS) is 26.4. The van der Waals surface area contributed by atoms with Gasteiger partial charge in [-0.15, -0.1) is 0 Å². The van der Waals surface area contributed by atoms with E-state index in [2.05, 4.69) is 0 Å². The molecule has 2 rings (SSSR count). The zero-order chi connectivity index (χ0) is 15.0. The van der Waals surface area contributed by atoms with Crippen molar-refractivity contribution in [1.29, 1.82) is 0 Å². The first kappa shape index (κ1) is 15.5. The Labute approximate surface area is 119 Å². The van der Waals surface area contributed by atoms with Gasteiger partial charge in [0.1, 0.15) is 5.60 Å². The average molecular weight is 290 g/mol. The van der Waals surface area contributed by atoms with E-state index in [0.717, 1.165) is 12.8 Å². The summed E-state index contributed by atoms with van der Waals surface area (Å²) in [5.74, 6) is -2.09. The monoisotopic (exact) mass is 290 g/mol. The molecule has 1 atom stereocenters. The Bertz CT molecular complexity index is 361. The van der Waals surface area contributed by atoms with Crippen LogP contribution in [-0.4, -0.2) is 60.1 Å². The Kier molecular flexibility index (Phi) is 4.23. The van der Waals surface area contributed by atoms with Crippen LogP contribution in [0.4, 0.5) is 13.6 Å². The summed E-state index contributed by atoms with van der Waals surface area (Å²) in [6, 6.07) is 0. The van der Waals surface area contributed by atoms with Crippen molar-refractivity contribution in [3.63, 3.8) is 0 Å². The quantitative estimate of drug-likeness (QED) is 0.801. The minimum absolute atomic E-state index is 0.116. The highest BCUT2D eigenvalue weighted by atomic mass is 19.3. The van der Waals surface area contributed by atoms with Crippen molar-refractivity contribution in [3.05, 3.63) is 0 Å². The second-order valence-corrected chi connectivity index (χ2v) is 6.94. The number of ether oxygens (including phenoxy) is 1. The zero-order valence-corrected chi connectivity index (χ0v) is 12.5. The molecular weight excluding hydrogens is 266 g/mol. The van der Waals surface area contributed by atoms with E-state index in [0.29, 0.717) is 25.6 Å². The molecule has 2 aliphatic heterocycles. The van der Waals surface area contributed by atoms with Crippen LogP contribution in [0, 0.1) is 5.92 Å². The second-order valence-electron chi connectivity index (χ2n) is 6.94. The predicted molar refractivity (Wildman–Crippen MR) is 71.9 cm³/mol. The van der Waals surface area contributed by atoms with Crippen LogP contribution in [-0.2, 0) is 4.74 Å². The molecule has 0 bridgehead atoms. The minimum Gasteiger partial charge on any atom is -0.444 e. The van der Waals surface area contributed by atoms with E-state index < -0.39 is 11.5 Å². The third-order valence-electron chi connectivity index (χ3n) is 3.70. The van der Waals surface area contributed by atoms with Crippen molar-refractivity contribution in [2.45, 2.75) is 45.1 Å². The fourth-order valence-electron chi connectivity index (χ4n) is 2.69. The largest absolute Gasteiger partial charge is 0.444 e. The average Bonchev–Trinajstić information content (AvgIpc) is 2.69. The highest BCUT2D eigenvalue weighted by molar-refractivity contribution is 5.68. The van der Waals surface area contributed by atoms with Gasteiger partial charge in [-0.05, 0) is 46.1 Å². The number of alkyl halides is 2. The van der Waals surface area contributed by atoms with Crippen molar-refractivity contribution in [2.24, 2.45) is 5.92 Å². The van der Waals surface area contributed by atoms with Crippen LogP contribution < -0.4 is 0 Å². The number of rotatable bonds is 3. The van der Waals surface area contributed by atoms with Gasteiger partial charge in [0.25, 0.3) is 5.92 Å². The summed E-state index contributed by atoms with van der Waals surface area (Å²) in [7, 11) is 0.